The fourth-order valence-corrected chi connectivity index (χ4v) is 2.09. The van der Waals surface area contributed by atoms with Crippen molar-refractivity contribution in [2.45, 2.75) is 18.4 Å². The molecule has 1 heterocycles. The van der Waals surface area contributed by atoms with Gasteiger partial charge in [-0.25, -0.2) is 4.39 Å². The first kappa shape index (κ1) is 13.0. The summed E-state index contributed by atoms with van der Waals surface area (Å²) in [5.74, 6) is -0.568. The second-order valence-electron chi connectivity index (χ2n) is 4.61. The van der Waals surface area contributed by atoms with Gasteiger partial charge in [-0.1, -0.05) is 6.07 Å². The van der Waals surface area contributed by atoms with Gasteiger partial charge in [-0.2, -0.15) is 0 Å². The van der Waals surface area contributed by atoms with Crippen LogP contribution in [-0.4, -0.2) is 31.7 Å². The predicted molar refractivity (Wildman–Crippen MR) is 66.8 cm³/mol. The molecule has 1 aromatic rings. The van der Waals surface area contributed by atoms with Crippen molar-refractivity contribution < 1.29 is 13.9 Å². The van der Waals surface area contributed by atoms with E-state index >= 15 is 0 Å². The number of anilines is 1. The van der Waals surface area contributed by atoms with Crippen LogP contribution in [0.5, 0.6) is 0 Å². The number of rotatable bonds is 2. The lowest BCUT2D eigenvalue weighted by Crippen LogP contribution is -2.57. The molecule has 18 heavy (non-hydrogen) atoms. The fraction of sp³-hybridized carbons (Fsp3) is 0.462. The minimum atomic E-state index is -0.903. The highest BCUT2D eigenvalue weighted by molar-refractivity contribution is 5.99. The van der Waals surface area contributed by atoms with Crippen molar-refractivity contribution in [3.63, 3.8) is 0 Å². The number of ether oxygens (including phenoxy) is 1. The van der Waals surface area contributed by atoms with Gasteiger partial charge < -0.3 is 15.4 Å². The van der Waals surface area contributed by atoms with Gasteiger partial charge in [0.1, 0.15) is 11.4 Å². The Morgan fingerprint density at radius 1 is 1.44 bits per heavy atom. The molecule has 98 valence electrons. The van der Waals surface area contributed by atoms with Gasteiger partial charge in [0.25, 0.3) is 0 Å². The van der Waals surface area contributed by atoms with Crippen LogP contribution in [0.25, 0.3) is 0 Å². The number of hydrogen-bond donors (Lipinski definition) is 1. The number of likely N-dealkylation sites (N-methyl/N-ethyl adjacent to an activating group) is 1. The molecule has 1 amide bonds. The highest BCUT2D eigenvalue weighted by Crippen LogP contribution is 2.23. The first-order valence-corrected chi connectivity index (χ1v) is 5.93. The Bertz CT molecular complexity index is 444. The van der Waals surface area contributed by atoms with Crippen molar-refractivity contribution in [1.82, 2.24) is 0 Å². The Morgan fingerprint density at radius 3 is 2.72 bits per heavy atom. The highest BCUT2D eigenvalue weighted by atomic mass is 19.1. The van der Waals surface area contributed by atoms with Gasteiger partial charge in [0.05, 0.1) is 0 Å². The maximum Gasteiger partial charge on any atom is 0.246 e. The molecule has 0 unspecified atom stereocenters. The number of nitrogens with two attached hydrogens (primary N) is 1. The van der Waals surface area contributed by atoms with Crippen molar-refractivity contribution in [2.24, 2.45) is 5.73 Å². The van der Waals surface area contributed by atoms with Crippen LogP contribution in [0.3, 0.4) is 0 Å². The van der Waals surface area contributed by atoms with Crippen LogP contribution in [-0.2, 0) is 9.53 Å². The minimum Gasteiger partial charge on any atom is -0.381 e. The van der Waals surface area contributed by atoms with Crippen LogP contribution in [0.15, 0.2) is 24.3 Å². The molecule has 1 aliphatic rings. The van der Waals surface area contributed by atoms with Crippen LogP contribution in [0.4, 0.5) is 10.1 Å². The zero-order valence-electron chi connectivity index (χ0n) is 10.4. The van der Waals surface area contributed by atoms with E-state index in [0.29, 0.717) is 31.7 Å². The maximum absolute atomic E-state index is 13.1. The van der Waals surface area contributed by atoms with E-state index in [1.165, 1.54) is 17.0 Å². The average Bonchev–Trinajstić information content (AvgIpc) is 2.38. The molecule has 0 atom stereocenters. The van der Waals surface area contributed by atoms with Crippen molar-refractivity contribution in [3.05, 3.63) is 30.1 Å². The van der Waals surface area contributed by atoms with Crippen molar-refractivity contribution in [3.8, 4) is 0 Å². The summed E-state index contributed by atoms with van der Waals surface area (Å²) in [6.07, 6.45) is 0.983. The number of amides is 1. The summed E-state index contributed by atoms with van der Waals surface area (Å²) < 4.78 is 18.3. The molecule has 4 nitrogen and oxygen atoms in total. The standard InChI is InChI=1S/C13H17FN2O2/c1-16(11-4-2-3-10(14)9-11)12(17)13(15)5-7-18-8-6-13/h2-4,9H,5-8,15H2,1H3. The molecule has 0 aliphatic carbocycles. The van der Waals surface area contributed by atoms with E-state index in [9.17, 15) is 9.18 Å². The maximum atomic E-state index is 13.1. The van der Waals surface area contributed by atoms with Gasteiger partial charge in [-0.3, -0.25) is 4.79 Å². The molecule has 0 saturated carbocycles. The number of hydrogen-bond acceptors (Lipinski definition) is 3. The second kappa shape index (κ2) is 5.04. The number of carbonyl (C=O) groups excluding carboxylic acids is 1. The summed E-state index contributed by atoms with van der Waals surface area (Å²) in [5, 5.41) is 0. The first-order valence-electron chi connectivity index (χ1n) is 5.93. The smallest absolute Gasteiger partial charge is 0.246 e. The van der Waals surface area contributed by atoms with E-state index in [-0.39, 0.29) is 11.7 Å². The van der Waals surface area contributed by atoms with Crippen LogP contribution in [0, 0.1) is 5.82 Å². The second-order valence-corrected chi connectivity index (χ2v) is 4.61. The average molecular weight is 252 g/mol. The summed E-state index contributed by atoms with van der Waals surface area (Å²) in [4.78, 5) is 13.8. The van der Waals surface area contributed by atoms with Crippen molar-refractivity contribution in [2.75, 3.05) is 25.2 Å². The van der Waals surface area contributed by atoms with E-state index < -0.39 is 5.54 Å². The largest absolute Gasteiger partial charge is 0.381 e. The van der Waals surface area contributed by atoms with Crippen LogP contribution in [0.1, 0.15) is 12.8 Å². The quantitative estimate of drug-likeness (QED) is 0.863. The summed E-state index contributed by atoms with van der Waals surface area (Å²) in [5.41, 5.74) is 5.72. The monoisotopic (exact) mass is 252 g/mol. The van der Waals surface area contributed by atoms with Gasteiger partial charge in [0.2, 0.25) is 5.91 Å². The number of carbonyl (C=O) groups is 1. The summed E-state index contributed by atoms with van der Waals surface area (Å²) in [7, 11) is 1.61. The molecule has 1 saturated heterocycles. The summed E-state index contributed by atoms with van der Waals surface area (Å²) >= 11 is 0. The van der Waals surface area contributed by atoms with Crippen molar-refractivity contribution in [1.29, 1.82) is 0 Å². The van der Waals surface area contributed by atoms with Gasteiger partial charge in [0, 0.05) is 25.9 Å². The molecule has 0 aromatic heterocycles. The third kappa shape index (κ3) is 2.52. The van der Waals surface area contributed by atoms with E-state index in [2.05, 4.69) is 0 Å². The molecule has 1 aromatic carbocycles. The van der Waals surface area contributed by atoms with E-state index in [4.69, 9.17) is 10.5 Å². The van der Waals surface area contributed by atoms with E-state index in [1.54, 1.807) is 19.2 Å². The third-order valence-electron chi connectivity index (χ3n) is 3.31. The summed E-state index contributed by atoms with van der Waals surface area (Å²) in [6, 6.07) is 5.92. The van der Waals surface area contributed by atoms with E-state index in [1.807, 2.05) is 0 Å². The molecule has 1 aliphatic heterocycles. The SMILES string of the molecule is CN(C(=O)C1(N)CCOCC1)c1cccc(F)c1. The molecule has 1 fully saturated rings. The van der Waals surface area contributed by atoms with Gasteiger partial charge in [0.15, 0.2) is 0 Å². The molecular formula is C13H17FN2O2. The lowest BCUT2D eigenvalue weighted by Gasteiger charge is -2.35. The summed E-state index contributed by atoms with van der Waals surface area (Å²) in [6.45, 7) is 0.971. The fourth-order valence-electron chi connectivity index (χ4n) is 2.09. The van der Waals surface area contributed by atoms with Crippen molar-refractivity contribution >= 4 is 11.6 Å². The Hall–Kier alpha value is -1.46. The van der Waals surface area contributed by atoms with E-state index in [0.717, 1.165) is 0 Å². The number of benzene rings is 1. The Balaban J connectivity index is 2.17. The Labute approximate surface area is 106 Å². The molecule has 0 bridgehead atoms. The predicted octanol–water partition coefficient (Wildman–Crippen LogP) is 1.30. The molecular weight excluding hydrogens is 235 g/mol. The topological polar surface area (TPSA) is 55.6 Å². The van der Waals surface area contributed by atoms with Gasteiger partial charge in [-0.05, 0) is 31.0 Å². The minimum absolute atomic E-state index is 0.198. The lowest BCUT2D eigenvalue weighted by atomic mass is 9.89. The Morgan fingerprint density at radius 2 is 2.11 bits per heavy atom. The zero-order chi connectivity index (χ0) is 13.2. The van der Waals surface area contributed by atoms with Gasteiger partial charge >= 0.3 is 0 Å². The molecule has 5 heteroatoms. The normalized spacial score (nSPS) is 18.4. The molecule has 2 rings (SSSR count). The van der Waals surface area contributed by atoms with Crippen LogP contribution >= 0.6 is 0 Å². The highest BCUT2D eigenvalue weighted by Gasteiger charge is 2.38. The molecule has 0 radical (unpaired) electrons. The molecule has 0 spiro atoms. The van der Waals surface area contributed by atoms with Crippen LogP contribution in [0.2, 0.25) is 0 Å². The zero-order valence-corrected chi connectivity index (χ0v) is 10.4. The third-order valence-corrected chi connectivity index (χ3v) is 3.31. The van der Waals surface area contributed by atoms with Crippen LogP contribution < -0.4 is 10.6 Å². The Kier molecular flexibility index (Phi) is 3.63. The number of halogens is 1. The lowest BCUT2D eigenvalue weighted by molar-refractivity contribution is -0.126. The van der Waals surface area contributed by atoms with Gasteiger partial charge in [-0.15, -0.1) is 0 Å². The first-order chi connectivity index (χ1) is 8.53. The number of nitrogens with zero attached hydrogens (tertiary/aromatic N) is 1. The molecule has 2 N–H and O–H groups in total.